The average Bonchev–Trinajstić information content (AvgIpc) is 2.63. The van der Waals surface area contributed by atoms with Crippen molar-refractivity contribution in [1.29, 1.82) is 0 Å². The van der Waals surface area contributed by atoms with E-state index in [9.17, 15) is 5.11 Å². The van der Waals surface area contributed by atoms with Gasteiger partial charge in [0.05, 0.1) is 12.2 Å². The van der Waals surface area contributed by atoms with Crippen LogP contribution in [-0.4, -0.2) is 22.9 Å². The molecule has 2 nitrogen and oxygen atoms in total. The molecule has 0 unspecified atom stereocenters. The molecule has 3 aliphatic rings. The molecular weight excluding hydrogens is 200 g/mol. The second-order valence-electron chi connectivity index (χ2n) is 6.66. The summed E-state index contributed by atoms with van der Waals surface area (Å²) < 4.78 is 6.06. The standard InChI is InChI=1S/C14H22O2/c1-10-4-5-13(15)6-7-16-14(13)9-12(2,3)8-11(10)14/h8,10,15H,4-7,9H2,1-3H3/t10-,13+,14-/m1/s1. The molecule has 3 rings (SSSR count). The summed E-state index contributed by atoms with van der Waals surface area (Å²) in [6.07, 6.45) is 6.14. The summed E-state index contributed by atoms with van der Waals surface area (Å²) in [6, 6.07) is 0. The highest BCUT2D eigenvalue weighted by atomic mass is 16.5. The van der Waals surface area contributed by atoms with Crippen molar-refractivity contribution in [3.8, 4) is 0 Å². The van der Waals surface area contributed by atoms with E-state index in [1.54, 1.807) is 0 Å². The van der Waals surface area contributed by atoms with Gasteiger partial charge in [-0.25, -0.2) is 0 Å². The number of aliphatic hydroxyl groups is 1. The summed E-state index contributed by atoms with van der Waals surface area (Å²) in [6.45, 7) is 7.50. The van der Waals surface area contributed by atoms with E-state index in [0.717, 1.165) is 32.3 Å². The number of ether oxygens (including phenoxy) is 1. The van der Waals surface area contributed by atoms with Gasteiger partial charge in [-0.2, -0.15) is 0 Å². The minimum Gasteiger partial charge on any atom is -0.386 e. The first-order chi connectivity index (χ1) is 7.39. The van der Waals surface area contributed by atoms with E-state index < -0.39 is 5.60 Å². The van der Waals surface area contributed by atoms with Crippen molar-refractivity contribution < 1.29 is 9.84 Å². The molecule has 90 valence electrons. The minimum atomic E-state index is -0.584. The molecule has 1 heterocycles. The summed E-state index contributed by atoms with van der Waals surface area (Å²) in [5.41, 5.74) is 0.628. The Morgan fingerprint density at radius 1 is 1.38 bits per heavy atom. The Morgan fingerprint density at radius 3 is 2.88 bits per heavy atom. The maximum atomic E-state index is 10.9. The Balaban J connectivity index is 2.11. The van der Waals surface area contributed by atoms with Gasteiger partial charge in [0.15, 0.2) is 0 Å². The molecule has 0 aromatic carbocycles. The van der Waals surface area contributed by atoms with Crippen LogP contribution in [0.1, 0.15) is 46.5 Å². The molecule has 2 heteroatoms. The molecule has 3 atom stereocenters. The molecule has 1 saturated carbocycles. The first kappa shape index (κ1) is 10.8. The van der Waals surface area contributed by atoms with Crippen LogP contribution < -0.4 is 0 Å². The molecule has 0 radical (unpaired) electrons. The monoisotopic (exact) mass is 222 g/mol. The highest BCUT2D eigenvalue weighted by molar-refractivity contribution is 5.38. The van der Waals surface area contributed by atoms with E-state index >= 15 is 0 Å². The van der Waals surface area contributed by atoms with Crippen LogP contribution in [0.3, 0.4) is 0 Å². The maximum Gasteiger partial charge on any atom is 0.119 e. The normalized spacial score (nSPS) is 49.8. The molecule has 1 saturated heterocycles. The molecule has 0 aromatic rings. The van der Waals surface area contributed by atoms with Gasteiger partial charge in [-0.1, -0.05) is 26.8 Å². The lowest BCUT2D eigenvalue weighted by Crippen LogP contribution is -2.55. The van der Waals surface area contributed by atoms with E-state index in [4.69, 9.17) is 4.74 Å². The van der Waals surface area contributed by atoms with E-state index in [-0.39, 0.29) is 11.0 Å². The Morgan fingerprint density at radius 2 is 2.12 bits per heavy atom. The summed E-state index contributed by atoms with van der Waals surface area (Å²) in [4.78, 5) is 0. The zero-order valence-electron chi connectivity index (χ0n) is 10.5. The topological polar surface area (TPSA) is 29.5 Å². The fourth-order valence-electron chi connectivity index (χ4n) is 4.11. The van der Waals surface area contributed by atoms with Gasteiger partial charge in [-0.3, -0.25) is 0 Å². The summed E-state index contributed by atoms with van der Waals surface area (Å²) >= 11 is 0. The maximum absolute atomic E-state index is 10.9. The van der Waals surface area contributed by atoms with Crippen molar-refractivity contribution in [3.05, 3.63) is 11.6 Å². The molecule has 1 aliphatic heterocycles. The lowest BCUT2D eigenvalue weighted by Gasteiger charge is -2.47. The van der Waals surface area contributed by atoms with Crippen molar-refractivity contribution in [2.45, 2.75) is 57.7 Å². The lowest BCUT2D eigenvalue weighted by atomic mass is 9.65. The third-order valence-corrected chi connectivity index (χ3v) is 4.85. The van der Waals surface area contributed by atoms with Crippen LogP contribution in [0.25, 0.3) is 0 Å². The smallest absolute Gasteiger partial charge is 0.119 e. The highest BCUT2D eigenvalue weighted by Crippen LogP contribution is 2.60. The van der Waals surface area contributed by atoms with Crippen LogP contribution in [0.15, 0.2) is 11.6 Å². The zero-order valence-corrected chi connectivity index (χ0v) is 10.5. The minimum absolute atomic E-state index is 0.173. The van der Waals surface area contributed by atoms with Gasteiger partial charge >= 0.3 is 0 Å². The van der Waals surface area contributed by atoms with Crippen molar-refractivity contribution in [2.75, 3.05) is 6.61 Å². The van der Waals surface area contributed by atoms with E-state index in [1.807, 2.05) is 0 Å². The largest absolute Gasteiger partial charge is 0.386 e. The Hall–Kier alpha value is -0.340. The summed E-state index contributed by atoms with van der Waals surface area (Å²) in [5.74, 6) is 0.570. The number of rotatable bonds is 0. The average molecular weight is 222 g/mol. The molecule has 2 aliphatic carbocycles. The fourth-order valence-corrected chi connectivity index (χ4v) is 4.11. The van der Waals surface area contributed by atoms with Crippen molar-refractivity contribution in [1.82, 2.24) is 0 Å². The van der Waals surface area contributed by atoms with E-state index in [1.165, 1.54) is 5.57 Å². The van der Waals surface area contributed by atoms with Crippen molar-refractivity contribution >= 4 is 0 Å². The molecule has 16 heavy (non-hydrogen) atoms. The van der Waals surface area contributed by atoms with Gasteiger partial charge in [0.25, 0.3) is 0 Å². The predicted molar refractivity (Wildman–Crippen MR) is 63.1 cm³/mol. The molecule has 1 spiro atoms. The van der Waals surface area contributed by atoms with Crippen LogP contribution in [0.5, 0.6) is 0 Å². The van der Waals surface area contributed by atoms with Crippen molar-refractivity contribution in [2.24, 2.45) is 11.3 Å². The molecule has 0 bridgehead atoms. The molecular formula is C14H22O2. The van der Waals surface area contributed by atoms with Crippen LogP contribution in [0, 0.1) is 11.3 Å². The second-order valence-corrected chi connectivity index (χ2v) is 6.66. The Labute approximate surface area is 97.7 Å². The van der Waals surface area contributed by atoms with Gasteiger partial charge in [-0.05, 0) is 36.2 Å². The molecule has 0 aromatic heterocycles. The van der Waals surface area contributed by atoms with Crippen molar-refractivity contribution in [3.63, 3.8) is 0 Å². The van der Waals surface area contributed by atoms with Gasteiger partial charge in [0.2, 0.25) is 0 Å². The van der Waals surface area contributed by atoms with Crippen LogP contribution in [0.4, 0.5) is 0 Å². The van der Waals surface area contributed by atoms with Crippen LogP contribution in [-0.2, 0) is 4.74 Å². The number of hydrogen-bond donors (Lipinski definition) is 1. The highest BCUT2D eigenvalue weighted by Gasteiger charge is 2.64. The van der Waals surface area contributed by atoms with E-state index in [0.29, 0.717) is 5.92 Å². The van der Waals surface area contributed by atoms with Gasteiger partial charge in [0, 0.05) is 6.42 Å². The van der Waals surface area contributed by atoms with Gasteiger partial charge < -0.3 is 9.84 Å². The predicted octanol–water partition coefficient (Wildman–Crippen LogP) is 2.66. The summed E-state index contributed by atoms with van der Waals surface area (Å²) in [7, 11) is 0. The lowest BCUT2D eigenvalue weighted by molar-refractivity contribution is -0.125. The third kappa shape index (κ3) is 1.15. The second kappa shape index (κ2) is 2.91. The zero-order chi connectivity index (χ0) is 11.6. The Bertz CT molecular complexity index is 358. The first-order valence-corrected chi connectivity index (χ1v) is 6.48. The molecule has 2 fully saturated rings. The van der Waals surface area contributed by atoms with Gasteiger partial charge in [-0.15, -0.1) is 0 Å². The summed E-state index contributed by atoms with van der Waals surface area (Å²) in [5, 5.41) is 10.9. The quantitative estimate of drug-likeness (QED) is 0.638. The molecule has 1 N–H and O–H groups in total. The van der Waals surface area contributed by atoms with Crippen LogP contribution in [0.2, 0.25) is 0 Å². The van der Waals surface area contributed by atoms with E-state index in [2.05, 4.69) is 26.8 Å². The number of allylic oxidation sites excluding steroid dienone is 1. The van der Waals surface area contributed by atoms with Crippen LogP contribution >= 0.6 is 0 Å². The molecule has 0 amide bonds. The Kier molecular flexibility index (Phi) is 1.96. The SMILES string of the molecule is C[C@@H]1CC[C@]2(O)CCO[C@@]23CC(C)(C)C=C13. The number of hydrogen-bond acceptors (Lipinski definition) is 2. The first-order valence-electron chi connectivity index (χ1n) is 6.48. The third-order valence-electron chi connectivity index (χ3n) is 4.85. The fraction of sp³-hybridized carbons (Fsp3) is 0.857. The van der Waals surface area contributed by atoms with Gasteiger partial charge in [0.1, 0.15) is 5.60 Å².